The number of rotatable bonds is 14. The zero-order valence-corrected chi connectivity index (χ0v) is 32.1. The number of hydrogen-bond donors (Lipinski definition) is 0. The van der Waals surface area contributed by atoms with Crippen molar-refractivity contribution >= 4 is 41.6 Å². The maximum atomic E-state index is 11.1. The number of nitrogens with zero attached hydrogens (tertiary/aromatic N) is 6. The molecule has 2 aromatic heterocycles. The molecule has 27 heteroatoms. The summed E-state index contributed by atoms with van der Waals surface area (Å²) < 4.78 is 139. The summed E-state index contributed by atoms with van der Waals surface area (Å²) in [5, 5.41) is 0. The Balaban J connectivity index is -0.000000156. The molecule has 0 saturated heterocycles. The molecule has 2 aromatic rings. The van der Waals surface area contributed by atoms with E-state index >= 15 is 0 Å². The summed E-state index contributed by atoms with van der Waals surface area (Å²) in [5.41, 5.74) is 0. The molecule has 0 aliphatic heterocycles. The van der Waals surface area contributed by atoms with Crippen LogP contribution in [0.5, 0.6) is 0 Å². The molecule has 0 spiro atoms. The van der Waals surface area contributed by atoms with E-state index in [2.05, 4.69) is 55.7 Å². The second-order valence-corrected chi connectivity index (χ2v) is 12.3. The zero-order valence-electron chi connectivity index (χ0n) is 24.9. The summed E-state index contributed by atoms with van der Waals surface area (Å²) in [4.78, 5) is 0. The number of methoxy groups -OCH3 is 2. The third-order valence-corrected chi connectivity index (χ3v) is 6.88. The molecule has 0 fully saturated rings. The van der Waals surface area contributed by atoms with E-state index < -0.39 is 41.6 Å². The van der Waals surface area contributed by atoms with Crippen molar-refractivity contribution in [3.8, 4) is 0 Å². The predicted octanol–water partition coefficient (Wildman–Crippen LogP) is -5.76. The van der Waals surface area contributed by atoms with Crippen molar-refractivity contribution in [1.29, 1.82) is 0 Å². The molecule has 0 aliphatic rings. The fraction of sp³-hybridized carbons (Fsp3) is 0.667. The number of halogens is 5. The van der Waals surface area contributed by atoms with Crippen LogP contribution in [0.15, 0.2) is 37.4 Å². The molecule has 2 rings (SSSR count). The molecule has 0 aliphatic carbocycles. The smallest absolute Gasteiger partial charge is 1.00 e. The summed E-state index contributed by atoms with van der Waals surface area (Å²) in [7, 11) is -14.9. The standard InChI is InChI=1S/2C9H17N2O.ClH.2F2NO4S2.K.H2O/c2*1-10-6-7-11(9-10)5-3-4-8-12-2;;2*1-8(4,5)3-9(2,6)7;;/h2*6-7,9H,3-5,8H2,1-2H3;1H;;;;1H2/q2*+1;;2*-1;+1;/p-1. The van der Waals surface area contributed by atoms with Crippen LogP contribution in [0.25, 0.3) is 8.25 Å². The van der Waals surface area contributed by atoms with E-state index in [1.807, 2.05) is 14.1 Å². The first-order valence-electron chi connectivity index (χ1n) is 11.3. The van der Waals surface area contributed by atoms with Crippen LogP contribution < -0.4 is 72.9 Å². The molecule has 0 atom stereocenters. The molecule has 2 heterocycles. The zero-order chi connectivity index (χ0) is 33.0. The van der Waals surface area contributed by atoms with Crippen LogP contribution in [0.2, 0.25) is 0 Å². The monoisotopic (exact) mass is 790 g/mol. The molecule has 0 bridgehead atoms. The van der Waals surface area contributed by atoms with Crippen molar-refractivity contribution in [2.24, 2.45) is 14.1 Å². The molecule has 2 N–H and O–H groups in total. The Morgan fingerprint density at radius 1 is 0.622 bits per heavy atom. The largest absolute Gasteiger partial charge is 1.00 e. The second-order valence-electron chi connectivity index (χ2n) is 7.83. The van der Waals surface area contributed by atoms with Crippen LogP contribution in [0, 0.1) is 0 Å². The number of imidazole rings is 2. The van der Waals surface area contributed by atoms with E-state index in [0.29, 0.717) is 0 Å². The molecule has 0 amide bonds. The fourth-order valence-electron chi connectivity index (χ4n) is 2.56. The van der Waals surface area contributed by atoms with Crippen LogP contribution in [0.3, 0.4) is 0 Å². The molecule has 17 nitrogen and oxygen atoms in total. The first-order valence-corrected chi connectivity index (χ1v) is 16.7. The molecule has 45 heavy (non-hydrogen) atoms. The number of aromatic nitrogens is 4. The number of hydrogen-bond acceptors (Lipinski definition) is 10. The normalized spacial score (nSPS) is 11.0. The van der Waals surface area contributed by atoms with Gasteiger partial charge in [-0.3, -0.25) is 0 Å². The van der Waals surface area contributed by atoms with E-state index in [4.69, 9.17) is 9.47 Å². The molecular formula is C18H36ClF4KN6O11S4. The maximum absolute atomic E-state index is 11.1. The van der Waals surface area contributed by atoms with Gasteiger partial charge >= 0.3 is 51.4 Å². The number of unbranched alkanes of at least 4 members (excludes halogenated alkanes) is 2. The van der Waals surface area contributed by atoms with Crippen molar-refractivity contribution in [1.82, 2.24) is 9.13 Å². The van der Waals surface area contributed by atoms with E-state index in [0.717, 1.165) is 47.4 Å². The Morgan fingerprint density at radius 2 is 0.889 bits per heavy atom. The molecule has 0 unspecified atom stereocenters. The average molecular weight is 791 g/mol. The van der Waals surface area contributed by atoms with Gasteiger partial charge in [0.1, 0.15) is 24.8 Å². The van der Waals surface area contributed by atoms with Crippen LogP contribution in [0.4, 0.5) is 15.5 Å². The van der Waals surface area contributed by atoms with Crippen molar-refractivity contribution in [2.75, 3.05) is 27.4 Å². The van der Waals surface area contributed by atoms with Gasteiger partial charge in [-0.25, -0.2) is 51.9 Å². The Morgan fingerprint density at radius 3 is 1.04 bits per heavy atom. The minimum Gasteiger partial charge on any atom is -1.00 e. The molecule has 264 valence electrons. The van der Waals surface area contributed by atoms with Gasteiger partial charge in [-0.1, -0.05) is 0 Å². The van der Waals surface area contributed by atoms with E-state index in [1.54, 1.807) is 14.2 Å². The van der Waals surface area contributed by atoms with Gasteiger partial charge in [0.2, 0.25) is 54.3 Å². The minimum absolute atomic E-state index is 0. The van der Waals surface area contributed by atoms with Gasteiger partial charge in [0, 0.05) is 27.4 Å². The van der Waals surface area contributed by atoms with Crippen LogP contribution in [-0.4, -0.2) is 75.7 Å². The van der Waals surface area contributed by atoms with Crippen LogP contribution in [-0.2, 0) is 78.3 Å². The third-order valence-electron chi connectivity index (χ3n) is 4.03. The van der Waals surface area contributed by atoms with Crippen molar-refractivity contribution in [2.45, 2.75) is 38.8 Å². The van der Waals surface area contributed by atoms with E-state index in [1.165, 1.54) is 12.8 Å². The quantitative estimate of drug-likeness (QED) is 0.0579. The molecule has 0 radical (unpaired) electrons. The van der Waals surface area contributed by atoms with Gasteiger partial charge in [-0.2, -0.15) is 0 Å². The summed E-state index contributed by atoms with van der Waals surface area (Å²) in [6.07, 6.45) is 17.1. The van der Waals surface area contributed by atoms with Crippen LogP contribution >= 0.6 is 0 Å². The SMILES string of the molecule is COCCCCn1cc[n+](C)c1.COCCCCn1cc[n+](C)c1.O.O=S(=O)(F)[N-]S(=O)(=O)F.O=S(=O)(F)[N-]S(=O)(=O)F.[Cl-].[K+]. The number of ether oxygens (including phenoxy) is 2. The first kappa shape index (κ1) is 54.1. The predicted molar refractivity (Wildman–Crippen MR) is 144 cm³/mol. The first-order chi connectivity index (χ1) is 19.1. The second kappa shape index (κ2) is 27.6. The maximum Gasteiger partial charge on any atom is 1.00 e. The van der Waals surface area contributed by atoms with Gasteiger partial charge in [0.15, 0.2) is 0 Å². The van der Waals surface area contributed by atoms with E-state index in [9.17, 15) is 49.2 Å². The Kier molecular flexibility index (Phi) is 33.2. The topological polar surface area (TPSA) is 232 Å². The van der Waals surface area contributed by atoms with Gasteiger partial charge in [0.25, 0.3) is 0 Å². The summed E-state index contributed by atoms with van der Waals surface area (Å²) in [5.74, 6) is 0. The Hall–Kier alpha value is -0.334. The minimum atomic E-state index is -5.62. The molecular weight excluding hydrogens is 755 g/mol. The molecule has 0 aromatic carbocycles. The number of aryl methyl sites for hydroxylation is 4. The molecule has 0 saturated carbocycles. The van der Waals surface area contributed by atoms with Gasteiger partial charge in [-0.05, 0) is 25.7 Å². The summed E-state index contributed by atoms with van der Waals surface area (Å²) in [6.45, 7) is 3.91. The summed E-state index contributed by atoms with van der Waals surface area (Å²) in [6, 6.07) is 0. The van der Waals surface area contributed by atoms with Crippen molar-refractivity contribution in [3.05, 3.63) is 45.7 Å². The van der Waals surface area contributed by atoms with Gasteiger partial charge < -0.3 is 35.6 Å². The van der Waals surface area contributed by atoms with Crippen molar-refractivity contribution in [3.63, 3.8) is 0 Å². The van der Waals surface area contributed by atoms with Gasteiger partial charge in [-0.15, -0.1) is 15.5 Å². The van der Waals surface area contributed by atoms with Gasteiger partial charge in [0.05, 0.1) is 27.2 Å². The fourth-order valence-corrected chi connectivity index (χ4v) is 4.26. The van der Waals surface area contributed by atoms with Crippen molar-refractivity contribution < 1.29 is 137 Å². The summed E-state index contributed by atoms with van der Waals surface area (Å²) >= 11 is 0. The third kappa shape index (κ3) is 43.7. The Labute approximate surface area is 310 Å². The van der Waals surface area contributed by atoms with Crippen LogP contribution in [0.1, 0.15) is 25.7 Å². The van der Waals surface area contributed by atoms with E-state index in [-0.39, 0.29) is 69.3 Å². The average Bonchev–Trinajstić information content (AvgIpc) is 3.38. The Bertz CT molecular complexity index is 1300.